The summed E-state index contributed by atoms with van der Waals surface area (Å²) in [6.07, 6.45) is 2.11. The second-order valence-electron chi connectivity index (χ2n) is 4.05. The number of hydrogen-bond donors (Lipinski definition) is 2. The molecule has 0 aliphatic carbocycles. The fraction of sp³-hybridized carbons (Fsp3) is 0.462. The molecule has 0 heterocycles. The van der Waals surface area contributed by atoms with Crippen molar-refractivity contribution in [3.63, 3.8) is 0 Å². The van der Waals surface area contributed by atoms with E-state index >= 15 is 0 Å². The minimum absolute atomic E-state index is 0.261. The van der Waals surface area contributed by atoms with Crippen LogP contribution in [0.1, 0.15) is 37.0 Å². The lowest BCUT2D eigenvalue weighted by atomic mass is 10.1. The van der Waals surface area contributed by atoms with Gasteiger partial charge in [0.15, 0.2) is 0 Å². The number of rotatable bonds is 6. The number of ether oxygens (including phenoxy) is 1. The number of benzene rings is 1. The topological polar surface area (TPSA) is 58.6 Å². The number of aromatic carboxylic acids is 1. The molecule has 1 rings (SSSR count). The molecule has 1 atom stereocenters. The van der Waals surface area contributed by atoms with Gasteiger partial charge in [0, 0.05) is 6.04 Å². The molecule has 0 amide bonds. The predicted octanol–water partition coefficient (Wildman–Crippen LogP) is 2.99. The first-order valence-corrected chi connectivity index (χ1v) is 5.76. The van der Waals surface area contributed by atoms with Crippen LogP contribution in [0.3, 0.4) is 0 Å². The minimum atomic E-state index is -0.932. The Hall–Kier alpha value is -1.71. The van der Waals surface area contributed by atoms with E-state index in [-0.39, 0.29) is 11.6 Å². The zero-order chi connectivity index (χ0) is 12.8. The molecule has 0 bridgehead atoms. The number of carboxylic acids is 1. The molecule has 1 aromatic rings. The molecule has 17 heavy (non-hydrogen) atoms. The second kappa shape index (κ2) is 6.13. The Morgan fingerprint density at radius 2 is 2.24 bits per heavy atom. The first kappa shape index (κ1) is 13.4. The van der Waals surface area contributed by atoms with E-state index < -0.39 is 5.97 Å². The van der Waals surface area contributed by atoms with E-state index in [1.54, 1.807) is 19.2 Å². The first-order chi connectivity index (χ1) is 8.08. The maximum Gasteiger partial charge on any atom is 0.335 e. The largest absolute Gasteiger partial charge is 0.495 e. The molecule has 0 spiro atoms. The van der Waals surface area contributed by atoms with E-state index in [9.17, 15) is 4.79 Å². The van der Waals surface area contributed by atoms with Crippen LogP contribution in [0.15, 0.2) is 18.2 Å². The van der Waals surface area contributed by atoms with Crippen molar-refractivity contribution in [1.29, 1.82) is 0 Å². The highest BCUT2D eigenvalue weighted by Crippen LogP contribution is 2.26. The molecular weight excluding hydrogens is 218 g/mol. The summed E-state index contributed by atoms with van der Waals surface area (Å²) < 4.78 is 5.20. The fourth-order valence-electron chi connectivity index (χ4n) is 1.72. The highest BCUT2D eigenvalue weighted by atomic mass is 16.5. The summed E-state index contributed by atoms with van der Waals surface area (Å²) in [5.41, 5.74) is 0.991. The maximum absolute atomic E-state index is 10.9. The molecule has 4 nitrogen and oxygen atoms in total. The zero-order valence-electron chi connectivity index (χ0n) is 10.5. The lowest BCUT2D eigenvalue weighted by Crippen LogP contribution is -2.15. The van der Waals surface area contributed by atoms with Gasteiger partial charge in [-0.3, -0.25) is 0 Å². The molecule has 1 unspecified atom stereocenters. The van der Waals surface area contributed by atoms with Crippen molar-refractivity contribution in [2.45, 2.75) is 32.7 Å². The molecule has 2 N–H and O–H groups in total. The molecule has 0 aromatic heterocycles. The smallest absolute Gasteiger partial charge is 0.335 e. The van der Waals surface area contributed by atoms with Crippen LogP contribution in [0.25, 0.3) is 0 Å². The first-order valence-electron chi connectivity index (χ1n) is 5.76. The highest BCUT2D eigenvalue weighted by Gasteiger charge is 2.10. The Labute approximate surface area is 102 Å². The van der Waals surface area contributed by atoms with Gasteiger partial charge in [-0.1, -0.05) is 13.3 Å². The van der Waals surface area contributed by atoms with Gasteiger partial charge in [-0.25, -0.2) is 4.79 Å². The van der Waals surface area contributed by atoms with Gasteiger partial charge in [-0.05, 0) is 31.5 Å². The van der Waals surface area contributed by atoms with Gasteiger partial charge in [0.05, 0.1) is 18.4 Å². The summed E-state index contributed by atoms with van der Waals surface area (Å²) in [5, 5.41) is 12.2. The second-order valence-corrected chi connectivity index (χ2v) is 4.05. The Kier molecular flexibility index (Phi) is 4.82. The molecule has 0 saturated carbocycles. The molecule has 1 aromatic carbocycles. The van der Waals surface area contributed by atoms with E-state index in [1.807, 2.05) is 0 Å². The number of anilines is 1. The van der Waals surface area contributed by atoms with Crippen molar-refractivity contribution in [3.05, 3.63) is 23.8 Å². The summed E-state index contributed by atoms with van der Waals surface area (Å²) in [5.74, 6) is -0.267. The molecule has 0 aliphatic heterocycles. The monoisotopic (exact) mass is 237 g/mol. The summed E-state index contributed by atoms with van der Waals surface area (Å²) in [6, 6.07) is 5.10. The quantitative estimate of drug-likeness (QED) is 0.798. The van der Waals surface area contributed by atoms with E-state index in [2.05, 4.69) is 19.2 Å². The van der Waals surface area contributed by atoms with Crippen molar-refractivity contribution in [2.24, 2.45) is 0 Å². The number of methoxy groups -OCH3 is 1. The Bertz CT molecular complexity index is 390. The molecule has 94 valence electrons. The SMILES string of the molecule is CCCC(C)Nc1cc(C(=O)O)ccc1OC. The molecule has 0 fully saturated rings. The van der Waals surface area contributed by atoms with Crippen LogP contribution in [0.4, 0.5) is 5.69 Å². The Morgan fingerprint density at radius 1 is 1.53 bits per heavy atom. The van der Waals surface area contributed by atoms with E-state index in [0.29, 0.717) is 5.75 Å². The number of carbonyl (C=O) groups is 1. The van der Waals surface area contributed by atoms with Crippen LogP contribution in [-0.2, 0) is 0 Å². The number of hydrogen-bond acceptors (Lipinski definition) is 3. The molecule has 0 aliphatic rings. The van der Waals surface area contributed by atoms with Crippen LogP contribution >= 0.6 is 0 Å². The normalized spacial score (nSPS) is 11.9. The number of nitrogens with one attached hydrogen (secondary N) is 1. The van der Waals surface area contributed by atoms with Crippen molar-refractivity contribution in [1.82, 2.24) is 0 Å². The lowest BCUT2D eigenvalue weighted by molar-refractivity contribution is 0.0697. The summed E-state index contributed by atoms with van der Waals surface area (Å²) in [7, 11) is 1.57. The average Bonchev–Trinajstić information content (AvgIpc) is 2.29. The van der Waals surface area contributed by atoms with Crippen LogP contribution < -0.4 is 10.1 Å². The molecule has 4 heteroatoms. The van der Waals surface area contributed by atoms with Crippen molar-refractivity contribution in [2.75, 3.05) is 12.4 Å². The third-order valence-corrected chi connectivity index (χ3v) is 2.57. The summed E-state index contributed by atoms with van der Waals surface area (Å²) >= 11 is 0. The maximum atomic E-state index is 10.9. The zero-order valence-corrected chi connectivity index (χ0v) is 10.5. The molecule has 0 radical (unpaired) electrons. The van der Waals surface area contributed by atoms with Gasteiger partial charge < -0.3 is 15.2 Å². The third-order valence-electron chi connectivity index (χ3n) is 2.57. The van der Waals surface area contributed by atoms with Gasteiger partial charge in [0.1, 0.15) is 5.75 Å². The van der Waals surface area contributed by atoms with Crippen LogP contribution in [0.2, 0.25) is 0 Å². The van der Waals surface area contributed by atoms with E-state index in [1.165, 1.54) is 6.07 Å². The van der Waals surface area contributed by atoms with Crippen molar-refractivity contribution < 1.29 is 14.6 Å². The fourth-order valence-corrected chi connectivity index (χ4v) is 1.72. The summed E-state index contributed by atoms with van der Waals surface area (Å²) in [4.78, 5) is 10.9. The lowest BCUT2D eigenvalue weighted by Gasteiger charge is -2.17. The highest BCUT2D eigenvalue weighted by molar-refractivity contribution is 5.89. The van der Waals surface area contributed by atoms with Crippen LogP contribution in [0.5, 0.6) is 5.75 Å². The standard InChI is InChI=1S/C13H19NO3/c1-4-5-9(2)14-11-8-10(13(15)16)6-7-12(11)17-3/h6-9,14H,4-5H2,1-3H3,(H,15,16). The van der Waals surface area contributed by atoms with Crippen LogP contribution in [0, 0.1) is 0 Å². The van der Waals surface area contributed by atoms with Gasteiger partial charge in [-0.2, -0.15) is 0 Å². The Morgan fingerprint density at radius 3 is 2.76 bits per heavy atom. The number of carboxylic acid groups (broad SMARTS) is 1. The minimum Gasteiger partial charge on any atom is -0.495 e. The van der Waals surface area contributed by atoms with Crippen molar-refractivity contribution >= 4 is 11.7 Å². The van der Waals surface area contributed by atoms with Gasteiger partial charge >= 0.3 is 5.97 Å². The van der Waals surface area contributed by atoms with Gasteiger partial charge in [-0.15, -0.1) is 0 Å². The molecular formula is C13H19NO3. The Balaban J connectivity index is 2.93. The molecule has 0 saturated heterocycles. The average molecular weight is 237 g/mol. The van der Waals surface area contributed by atoms with Crippen molar-refractivity contribution in [3.8, 4) is 5.75 Å². The predicted molar refractivity (Wildman–Crippen MR) is 67.9 cm³/mol. The van der Waals surface area contributed by atoms with E-state index in [0.717, 1.165) is 18.5 Å². The van der Waals surface area contributed by atoms with E-state index in [4.69, 9.17) is 9.84 Å². The van der Waals surface area contributed by atoms with Crippen LogP contribution in [-0.4, -0.2) is 24.2 Å². The summed E-state index contributed by atoms with van der Waals surface area (Å²) in [6.45, 7) is 4.18. The third kappa shape index (κ3) is 3.66. The van der Waals surface area contributed by atoms with Gasteiger partial charge in [0.2, 0.25) is 0 Å². The van der Waals surface area contributed by atoms with Gasteiger partial charge in [0.25, 0.3) is 0 Å².